The summed E-state index contributed by atoms with van der Waals surface area (Å²) < 4.78 is 0. The van der Waals surface area contributed by atoms with Crippen molar-refractivity contribution in [3.8, 4) is 0 Å². The molecule has 30 heavy (non-hydrogen) atoms. The van der Waals surface area contributed by atoms with E-state index < -0.39 is 5.54 Å². The number of hydrogen-bond acceptors (Lipinski definition) is 3. The summed E-state index contributed by atoms with van der Waals surface area (Å²) in [5.74, 6) is -0.763. The van der Waals surface area contributed by atoms with Crippen LogP contribution in [-0.2, 0) is 13.0 Å². The number of imide groups is 1. The van der Waals surface area contributed by atoms with Crippen molar-refractivity contribution < 1.29 is 14.4 Å². The Morgan fingerprint density at radius 3 is 2.50 bits per heavy atom. The summed E-state index contributed by atoms with van der Waals surface area (Å²) in [6.07, 6.45) is 0.760. The quantitative estimate of drug-likeness (QED) is 0.631. The van der Waals surface area contributed by atoms with E-state index >= 15 is 0 Å². The summed E-state index contributed by atoms with van der Waals surface area (Å²) in [7, 11) is 0. The Hall–Kier alpha value is -3.41. The minimum Gasteiger partial charge on any atom is -0.358 e. The van der Waals surface area contributed by atoms with Crippen LogP contribution in [0.4, 0.5) is 0 Å². The van der Waals surface area contributed by atoms with Gasteiger partial charge in [-0.2, -0.15) is 0 Å². The molecule has 1 aromatic heterocycles. The number of aromatic amines is 1. The monoisotopic (exact) mass is 401 g/mol. The van der Waals surface area contributed by atoms with Crippen molar-refractivity contribution in [1.82, 2.24) is 14.8 Å². The lowest BCUT2D eigenvalue weighted by atomic mass is 10.0. The Kier molecular flexibility index (Phi) is 3.90. The molecule has 5 rings (SSSR count). The molecule has 0 unspecified atom stereocenters. The second-order valence-corrected chi connectivity index (χ2v) is 8.98. The van der Waals surface area contributed by atoms with Gasteiger partial charge in [0, 0.05) is 52.8 Å². The Balaban J connectivity index is 1.46. The van der Waals surface area contributed by atoms with Crippen molar-refractivity contribution in [2.24, 2.45) is 0 Å². The van der Waals surface area contributed by atoms with Crippen LogP contribution in [-0.4, -0.2) is 44.6 Å². The molecule has 6 heteroatoms. The first kappa shape index (κ1) is 18.6. The predicted octanol–water partition coefficient (Wildman–Crippen LogP) is 3.76. The van der Waals surface area contributed by atoms with E-state index in [2.05, 4.69) is 11.1 Å². The van der Waals surface area contributed by atoms with Gasteiger partial charge in [0.1, 0.15) is 0 Å². The minimum atomic E-state index is -0.615. The maximum Gasteiger partial charge on any atom is 0.262 e. The Morgan fingerprint density at radius 2 is 1.73 bits per heavy atom. The third kappa shape index (κ3) is 2.67. The van der Waals surface area contributed by atoms with Crippen molar-refractivity contribution in [3.63, 3.8) is 0 Å². The first-order chi connectivity index (χ1) is 14.3. The second-order valence-electron chi connectivity index (χ2n) is 8.98. The molecule has 3 amide bonds. The molecule has 0 spiro atoms. The highest BCUT2D eigenvalue weighted by molar-refractivity contribution is 6.22. The summed E-state index contributed by atoms with van der Waals surface area (Å²) in [6.45, 7) is 6.61. The number of rotatable bonds is 1. The van der Waals surface area contributed by atoms with E-state index in [0.717, 1.165) is 22.9 Å². The number of aromatic nitrogens is 1. The van der Waals surface area contributed by atoms with Gasteiger partial charge in [0.25, 0.3) is 17.7 Å². The molecule has 2 aromatic carbocycles. The van der Waals surface area contributed by atoms with E-state index in [9.17, 15) is 14.4 Å². The van der Waals surface area contributed by atoms with Gasteiger partial charge < -0.3 is 9.88 Å². The number of H-pyrrole nitrogens is 1. The molecule has 0 bridgehead atoms. The number of carbonyl (C=O) groups excluding carboxylic acids is 3. The van der Waals surface area contributed by atoms with Gasteiger partial charge in [-0.25, -0.2) is 0 Å². The first-order valence-electron chi connectivity index (χ1n) is 10.2. The molecule has 0 aliphatic carbocycles. The molecular weight excluding hydrogens is 378 g/mol. The fraction of sp³-hybridized carbons (Fsp3) is 0.292. The van der Waals surface area contributed by atoms with Crippen LogP contribution in [0.15, 0.2) is 42.5 Å². The lowest BCUT2D eigenvalue weighted by Gasteiger charge is -2.29. The van der Waals surface area contributed by atoms with Crippen LogP contribution in [0.25, 0.3) is 10.9 Å². The van der Waals surface area contributed by atoms with E-state index in [-0.39, 0.29) is 17.7 Å². The van der Waals surface area contributed by atoms with Crippen molar-refractivity contribution >= 4 is 28.6 Å². The summed E-state index contributed by atoms with van der Waals surface area (Å²) >= 11 is 0. The van der Waals surface area contributed by atoms with Crippen LogP contribution in [0.3, 0.4) is 0 Å². The molecule has 1 N–H and O–H groups in total. The van der Waals surface area contributed by atoms with Gasteiger partial charge in [-0.3, -0.25) is 19.3 Å². The zero-order valence-corrected chi connectivity index (χ0v) is 17.3. The van der Waals surface area contributed by atoms with Crippen LogP contribution in [0, 0.1) is 0 Å². The van der Waals surface area contributed by atoms with Crippen molar-refractivity contribution in [1.29, 1.82) is 0 Å². The molecule has 6 nitrogen and oxygen atoms in total. The van der Waals surface area contributed by atoms with Crippen molar-refractivity contribution in [3.05, 3.63) is 70.4 Å². The zero-order chi connectivity index (χ0) is 21.2. The predicted molar refractivity (Wildman–Crippen MR) is 113 cm³/mol. The number of nitrogens with zero attached hydrogens (tertiary/aromatic N) is 2. The number of amides is 3. The highest BCUT2D eigenvalue weighted by Gasteiger charge is 2.42. The van der Waals surface area contributed by atoms with Gasteiger partial charge in [-0.1, -0.05) is 18.2 Å². The third-order valence-electron chi connectivity index (χ3n) is 5.97. The second kappa shape index (κ2) is 6.29. The summed E-state index contributed by atoms with van der Waals surface area (Å²) in [6, 6.07) is 13.0. The number of benzene rings is 2. The fourth-order valence-corrected chi connectivity index (χ4v) is 4.51. The van der Waals surface area contributed by atoms with Crippen molar-refractivity contribution in [2.75, 3.05) is 6.54 Å². The molecule has 0 saturated heterocycles. The highest BCUT2D eigenvalue weighted by Crippen LogP contribution is 2.31. The minimum absolute atomic E-state index is 0.122. The average molecular weight is 401 g/mol. The molecule has 2 aliphatic rings. The Morgan fingerprint density at radius 1 is 1.00 bits per heavy atom. The van der Waals surface area contributed by atoms with Gasteiger partial charge in [0.2, 0.25) is 0 Å². The van der Waals surface area contributed by atoms with Crippen LogP contribution >= 0.6 is 0 Å². The van der Waals surface area contributed by atoms with Gasteiger partial charge in [0.15, 0.2) is 0 Å². The van der Waals surface area contributed by atoms with Gasteiger partial charge >= 0.3 is 0 Å². The smallest absolute Gasteiger partial charge is 0.262 e. The van der Waals surface area contributed by atoms with Gasteiger partial charge in [0.05, 0.1) is 11.1 Å². The molecule has 2 aliphatic heterocycles. The van der Waals surface area contributed by atoms with E-state index in [0.29, 0.717) is 29.8 Å². The summed E-state index contributed by atoms with van der Waals surface area (Å²) in [5.41, 5.74) is 3.91. The molecule has 3 heterocycles. The number of hydrogen-bond donors (Lipinski definition) is 1. The normalized spacial score (nSPS) is 16.2. The molecule has 152 valence electrons. The van der Waals surface area contributed by atoms with E-state index in [1.807, 2.05) is 43.9 Å². The number of carbonyl (C=O) groups is 3. The van der Waals surface area contributed by atoms with E-state index in [1.165, 1.54) is 10.6 Å². The number of fused-ring (bicyclic) bond motifs is 4. The van der Waals surface area contributed by atoms with Crippen molar-refractivity contribution in [2.45, 2.75) is 39.3 Å². The molecule has 0 saturated carbocycles. The number of nitrogens with one attached hydrogen (secondary N) is 1. The van der Waals surface area contributed by atoms with Crippen LogP contribution in [0.2, 0.25) is 0 Å². The lowest BCUT2D eigenvalue weighted by Crippen LogP contribution is -2.45. The summed E-state index contributed by atoms with van der Waals surface area (Å²) in [4.78, 5) is 45.3. The average Bonchev–Trinajstić information content (AvgIpc) is 3.21. The SMILES string of the molecule is CC(C)(C)N1C(=O)c2ccc(C(=O)N3CCc4[nH]c5ccccc5c4C3)cc2C1=O. The Labute approximate surface area is 174 Å². The maximum absolute atomic E-state index is 13.2. The Bertz CT molecular complexity index is 1230. The molecular formula is C24H23N3O3. The van der Waals surface area contributed by atoms with Crippen LogP contribution < -0.4 is 0 Å². The lowest BCUT2D eigenvalue weighted by molar-refractivity contribution is 0.0507. The molecule has 0 atom stereocenters. The molecule has 0 radical (unpaired) electrons. The highest BCUT2D eigenvalue weighted by atomic mass is 16.2. The van der Waals surface area contributed by atoms with Gasteiger partial charge in [-0.05, 0) is 45.0 Å². The third-order valence-corrected chi connectivity index (χ3v) is 5.97. The van der Waals surface area contributed by atoms with Gasteiger partial charge in [-0.15, -0.1) is 0 Å². The largest absolute Gasteiger partial charge is 0.358 e. The fourth-order valence-electron chi connectivity index (χ4n) is 4.51. The maximum atomic E-state index is 13.2. The van der Waals surface area contributed by atoms with Crippen LogP contribution in [0.5, 0.6) is 0 Å². The standard InChI is InChI=1S/C24H23N3O3/c1-24(2,3)27-22(29)16-9-8-14(12-17(16)23(27)30)21(28)26-11-10-20-18(13-26)15-6-4-5-7-19(15)25-20/h4-9,12,25H,10-11,13H2,1-3H3. The summed E-state index contributed by atoms with van der Waals surface area (Å²) in [5, 5.41) is 1.14. The molecule has 0 fully saturated rings. The zero-order valence-electron chi connectivity index (χ0n) is 17.3. The topological polar surface area (TPSA) is 73.5 Å². The van der Waals surface area contributed by atoms with Crippen LogP contribution in [0.1, 0.15) is 63.1 Å². The van der Waals surface area contributed by atoms with E-state index in [1.54, 1.807) is 18.2 Å². The molecule has 3 aromatic rings. The number of para-hydroxylation sites is 1. The first-order valence-corrected chi connectivity index (χ1v) is 10.2. The van der Waals surface area contributed by atoms with E-state index in [4.69, 9.17) is 0 Å².